The first-order chi connectivity index (χ1) is 8.53. The lowest BCUT2D eigenvalue weighted by Crippen LogP contribution is -2.54. The van der Waals surface area contributed by atoms with E-state index >= 15 is 0 Å². The van der Waals surface area contributed by atoms with Gasteiger partial charge in [0.1, 0.15) is 0 Å². The molecule has 1 aliphatic rings. The van der Waals surface area contributed by atoms with Crippen molar-refractivity contribution >= 4 is 10.8 Å². The molecule has 0 aromatic carbocycles. The molecule has 0 aliphatic heterocycles. The second-order valence-electron chi connectivity index (χ2n) is 5.93. The molecule has 0 bridgehead atoms. The summed E-state index contributed by atoms with van der Waals surface area (Å²) >= 11 is 0. The van der Waals surface area contributed by atoms with Gasteiger partial charge in [-0.05, 0) is 31.2 Å². The van der Waals surface area contributed by atoms with Crippen LogP contribution in [0.4, 0.5) is 0 Å². The molecule has 1 N–H and O–H groups in total. The third-order valence-corrected chi connectivity index (χ3v) is 5.72. The maximum Gasteiger partial charge on any atom is 0.0577 e. The number of methoxy groups -OCH3 is 1. The molecule has 1 rings (SSSR count). The highest BCUT2D eigenvalue weighted by Crippen LogP contribution is 2.37. The first-order valence-electron chi connectivity index (χ1n) is 7.12. The second-order valence-corrected chi connectivity index (χ2v) is 7.70. The smallest absolute Gasteiger partial charge is 0.0577 e. The van der Waals surface area contributed by atoms with Crippen molar-refractivity contribution in [2.24, 2.45) is 5.41 Å². The summed E-state index contributed by atoms with van der Waals surface area (Å²) < 4.78 is 17.5. The minimum Gasteiger partial charge on any atom is -0.384 e. The van der Waals surface area contributed by atoms with Gasteiger partial charge in [-0.1, -0.05) is 27.2 Å². The normalized spacial score (nSPS) is 29.1. The summed E-state index contributed by atoms with van der Waals surface area (Å²) in [7, 11) is 0.901. The van der Waals surface area contributed by atoms with Gasteiger partial charge >= 0.3 is 0 Å². The van der Waals surface area contributed by atoms with Crippen LogP contribution in [0.5, 0.6) is 0 Å². The second kappa shape index (κ2) is 7.61. The minimum atomic E-state index is -0.774. The van der Waals surface area contributed by atoms with Gasteiger partial charge in [0.15, 0.2) is 0 Å². The van der Waals surface area contributed by atoms with E-state index in [1.165, 1.54) is 12.8 Å². The third kappa shape index (κ3) is 4.32. The molecule has 3 atom stereocenters. The van der Waals surface area contributed by atoms with Crippen LogP contribution in [0.2, 0.25) is 0 Å². The fourth-order valence-corrected chi connectivity index (χ4v) is 4.72. The van der Waals surface area contributed by atoms with Crippen LogP contribution < -0.4 is 5.32 Å². The minimum absolute atomic E-state index is 0.251. The van der Waals surface area contributed by atoms with Gasteiger partial charge in [0.2, 0.25) is 0 Å². The Morgan fingerprint density at radius 2 is 2.17 bits per heavy atom. The van der Waals surface area contributed by atoms with Crippen LogP contribution in [0.15, 0.2) is 0 Å². The SMILES string of the molecule is CCCNC1C(S(=O)CCOC)CCCC1(C)C. The highest BCUT2D eigenvalue weighted by Gasteiger charge is 2.40. The zero-order valence-electron chi connectivity index (χ0n) is 12.3. The molecule has 0 aromatic heterocycles. The van der Waals surface area contributed by atoms with Gasteiger partial charge in [0.05, 0.1) is 11.9 Å². The van der Waals surface area contributed by atoms with Gasteiger partial charge in [-0.3, -0.25) is 4.21 Å². The van der Waals surface area contributed by atoms with E-state index in [0.717, 1.165) is 19.4 Å². The first-order valence-corrected chi connectivity index (χ1v) is 8.50. The van der Waals surface area contributed by atoms with E-state index in [0.29, 0.717) is 18.4 Å². The number of hydrogen-bond acceptors (Lipinski definition) is 3. The standard InChI is InChI=1S/C14H29NO2S/c1-5-9-15-13-12(18(16)11-10-17-4)7-6-8-14(13,2)3/h12-13,15H,5-11H2,1-4H3. The van der Waals surface area contributed by atoms with E-state index in [1.54, 1.807) is 7.11 Å². The summed E-state index contributed by atoms with van der Waals surface area (Å²) in [6.45, 7) is 8.41. The summed E-state index contributed by atoms with van der Waals surface area (Å²) in [5.41, 5.74) is 0.251. The predicted octanol–water partition coefficient (Wildman–Crippen LogP) is 2.33. The molecule has 3 nitrogen and oxygen atoms in total. The molecule has 0 saturated heterocycles. The maximum absolute atomic E-state index is 12.4. The van der Waals surface area contributed by atoms with Crippen molar-refractivity contribution in [1.29, 1.82) is 0 Å². The lowest BCUT2D eigenvalue weighted by atomic mass is 9.73. The van der Waals surface area contributed by atoms with E-state index in [-0.39, 0.29) is 10.7 Å². The number of rotatable bonds is 7. The van der Waals surface area contributed by atoms with Crippen LogP contribution in [0.1, 0.15) is 46.5 Å². The summed E-state index contributed by atoms with van der Waals surface area (Å²) in [6, 6.07) is 0.379. The van der Waals surface area contributed by atoms with Crippen molar-refractivity contribution in [3.05, 3.63) is 0 Å². The van der Waals surface area contributed by atoms with Crippen molar-refractivity contribution in [2.75, 3.05) is 26.0 Å². The quantitative estimate of drug-likeness (QED) is 0.775. The van der Waals surface area contributed by atoms with Crippen LogP contribution in [0.3, 0.4) is 0 Å². The fraction of sp³-hybridized carbons (Fsp3) is 1.00. The molecule has 0 amide bonds. The van der Waals surface area contributed by atoms with Crippen molar-refractivity contribution in [1.82, 2.24) is 5.32 Å². The molecule has 1 fully saturated rings. The molecule has 0 heterocycles. The third-order valence-electron chi connectivity index (χ3n) is 3.96. The molecule has 18 heavy (non-hydrogen) atoms. The molecule has 0 radical (unpaired) electrons. The molecule has 0 spiro atoms. The average Bonchev–Trinajstić information content (AvgIpc) is 2.33. The zero-order valence-corrected chi connectivity index (χ0v) is 13.1. The molecular formula is C14H29NO2S. The van der Waals surface area contributed by atoms with Crippen molar-refractivity contribution in [2.45, 2.75) is 57.7 Å². The molecule has 4 heteroatoms. The highest BCUT2D eigenvalue weighted by molar-refractivity contribution is 7.85. The zero-order chi connectivity index (χ0) is 13.6. The molecule has 3 unspecified atom stereocenters. The van der Waals surface area contributed by atoms with Crippen LogP contribution in [-0.2, 0) is 15.5 Å². The maximum atomic E-state index is 12.4. The van der Waals surface area contributed by atoms with E-state index in [4.69, 9.17) is 4.74 Å². The van der Waals surface area contributed by atoms with Crippen LogP contribution in [-0.4, -0.2) is 41.5 Å². The molecular weight excluding hydrogens is 246 g/mol. The van der Waals surface area contributed by atoms with Crippen molar-refractivity contribution < 1.29 is 8.95 Å². The summed E-state index contributed by atoms with van der Waals surface area (Å²) in [4.78, 5) is 0. The van der Waals surface area contributed by atoms with Crippen molar-refractivity contribution in [3.63, 3.8) is 0 Å². The van der Waals surface area contributed by atoms with Gasteiger partial charge in [0, 0.05) is 29.7 Å². The van der Waals surface area contributed by atoms with Crippen LogP contribution in [0.25, 0.3) is 0 Å². The molecule has 0 aromatic rings. The fourth-order valence-electron chi connectivity index (χ4n) is 2.89. The van der Waals surface area contributed by atoms with E-state index in [1.807, 2.05) is 0 Å². The summed E-state index contributed by atoms with van der Waals surface area (Å²) in [6.07, 6.45) is 4.64. The number of hydrogen-bond donors (Lipinski definition) is 1. The molecule has 108 valence electrons. The van der Waals surface area contributed by atoms with Crippen LogP contribution >= 0.6 is 0 Å². The summed E-state index contributed by atoms with van der Waals surface area (Å²) in [5.74, 6) is 0.668. The van der Waals surface area contributed by atoms with Crippen LogP contribution in [0, 0.1) is 5.41 Å². The number of ether oxygens (including phenoxy) is 1. The van der Waals surface area contributed by atoms with E-state index < -0.39 is 10.8 Å². The average molecular weight is 275 g/mol. The molecule has 1 saturated carbocycles. The first kappa shape index (κ1) is 16.1. The van der Waals surface area contributed by atoms with Gasteiger partial charge in [-0.15, -0.1) is 0 Å². The largest absolute Gasteiger partial charge is 0.384 e. The van der Waals surface area contributed by atoms with Gasteiger partial charge in [0.25, 0.3) is 0 Å². The highest BCUT2D eigenvalue weighted by atomic mass is 32.2. The lowest BCUT2D eigenvalue weighted by molar-refractivity contribution is 0.172. The molecule has 1 aliphatic carbocycles. The van der Waals surface area contributed by atoms with Gasteiger partial charge < -0.3 is 10.1 Å². The predicted molar refractivity (Wildman–Crippen MR) is 78.4 cm³/mol. The Hall–Kier alpha value is 0.0700. The Morgan fingerprint density at radius 3 is 2.78 bits per heavy atom. The van der Waals surface area contributed by atoms with E-state index in [9.17, 15) is 4.21 Å². The Morgan fingerprint density at radius 1 is 1.44 bits per heavy atom. The summed E-state index contributed by atoms with van der Waals surface area (Å²) in [5, 5.41) is 3.92. The Labute approximate surface area is 115 Å². The van der Waals surface area contributed by atoms with Crippen molar-refractivity contribution in [3.8, 4) is 0 Å². The monoisotopic (exact) mass is 275 g/mol. The topological polar surface area (TPSA) is 38.3 Å². The Kier molecular flexibility index (Phi) is 6.82. The Bertz CT molecular complexity index is 269. The van der Waals surface area contributed by atoms with Gasteiger partial charge in [-0.2, -0.15) is 0 Å². The Balaban J connectivity index is 2.68. The number of nitrogens with one attached hydrogen (secondary N) is 1. The lowest BCUT2D eigenvalue weighted by Gasteiger charge is -2.44. The van der Waals surface area contributed by atoms with E-state index in [2.05, 4.69) is 26.1 Å². The van der Waals surface area contributed by atoms with Gasteiger partial charge in [-0.25, -0.2) is 0 Å².